The summed E-state index contributed by atoms with van der Waals surface area (Å²) in [6, 6.07) is 8.28. The van der Waals surface area contributed by atoms with Crippen LogP contribution in [0.4, 0.5) is 0 Å². The Balaban J connectivity index is 0.00000109. The van der Waals surface area contributed by atoms with Gasteiger partial charge in [-0.3, -0.25) is 4.79 Å². The third-order valence-electron chi connectivity index (χ3n) is 5.93. The van der Waals surface area contributed by atoms with Crippen molar-refractivity contribution in [3.63, 3.8) is 0 Å². The number of carbonyl (C=O) groups excluding carboxylic acids is 1. The van der Waals surface area contributed by atoms with Crippen LogP contribution in [0.15, 0.2) is 24.3 Å². The third kappa shape index (κ3) is 5.87. The molecule has 0 amide bonds. The van der Waals surface area contributed by atoms with Crippen molar-refractivity contribution < 1.29 is 9.53 Å². The quantitative estimate of drug-likeness (QED) is 0.448. The van der Waals surface area contributed by atoms with Crippen LogP contribution in [0, 0.1) is 17.8 Å². The van der Waals surface area contributed by atoms with Gasteiger partial charge in [-0.15, -0.1) is 0 Å². The summed E-state index contributed by atoms with van der Waals surface area (Å²) in [5.74, 6) is 3.11. The molecule has 3 rings (SSSR count). The largest absolute Gasteiger partial charge is 0.426 e. The van der Waals surface area contributed by atoms with Crippen LogP contribution < -0.4 is 4.74 Å². The standard InChI is InChI=1S/C21H30O2.C2H6/c1-15-3-7-17(8-4-15)18-11-13-20(14-12-18)23-21(22)19-9-5-16(2)6-10-19;1-2/h11-17,19H,3-10H2,1-2H3;1-2H3. The predicted octanol–water partition coefficient (Wildman–Crippen LogP) is 6.74. The predicted molar refractivity (Wildman–Crippen MR) is 105 cm³/mol. The SMILES string of the molecule is CC.CC1CCC(C(=O)Oc2ccc(C3CCC(C)CC3)cc2)CC1. The molecule has 0 radical (unpaired) electrons. The molecule has 0 N–H and O–H groups in total. The zero-order valence-electron chi connectivity index (χ0n) is 16.6. The van der Waals surface area contributed by atoms with Crippen molar-refractivity contribution in [2.45, 2.75) is 85.0 Å². The van der Waals surface area contributed by atoms with Gasteiger partial charge in [0.25, 0.3) is 0 Å². The molecule has 2 aliphatic rings. The molecular formula is C23H36O2. The van der Waals surface area contributed by atoms with Crippen molar-refractivity contribution in [1.82, 2.24) is 0 Å². The van der Waals surface area contributed by atoms with Crippen LogP contribution in [-0.4, -0.2) is 5.97 Å². The zero-order chi connectivity index (χ0) is 18.2. The summed E-state index contributed by atoms with van der Waals surface area (Å²) in [4.78, 5) is 12.3. The summed E-state index contributed by atoms with van der Waals surface area (Å²) in [5, 5.41) is 0. The van der Waals surface area contributed by atoms with Gasteiger partial charge in [-0.2, -0.15) is 0 Å². The van der Waals surface area contributed by atoms with Crippen molar-refractivity contribution in [2.75, 3.05) is 0 Å². The fraction of sp³-hybridized carbons (Fsp3) is 0.696. The summed E-state index contributed by atoms with van der Waals surface area (Å²) in [7, 11) is 0. The zero-order valence-corrected chi connectivity index (χ0v) is 16.6. The molecule has 2 aliphatic carbocycles. The molecule has 0 aliphatic heterocycles. The van der Waals surface area contributed by atoms with E-state index in [1.165, 1.54) is 31.2 Å². The van der Waals surface area contributed by atoms with Gasteiger partial charge in [-0.25, -0.2) is 0 Å². The van der Waals surface area contributed by atoms with Crippen LogP contribution >= 0.6 is 0 Å². The van der Waals surface area contributed by atoms with Crippen molar-refractivity contribution >= 4 is 5.97 Å². The van der Waals surface area contributed by atoms with Crippen LogP contribution in [0.2, 0.25) is 0 Å². The molecule has 2 saturated carbocycles. The van der Waals surface area contributed by atoms with Crippen LogP contribution in [0.25, 0.3) is 0 Å². The lowest BCUT2D eigenvalue weighted by Crippen LogP contribution is -2.24. The number of rotatable bonds is 3. The van der Waals surface area contributed by atoms with Gasteiger partial charge in [0.1, 0.15) is 5.75 Å². The lowest BCUT2D eigenvalue weighted by molar-refractivity contribution is -0.140. The number of esters is 1. The van der Waals surface area contributed by atoms with Gasteiger partial charge in [0, 0.05) is 0 Å². The molecule has 2 heteroatoms. The summed E-state index contributed by atoms with van der Waals surface area (Å²) >= 11 is 0. The molecule has 2 fully saturated rings. The van der Waals surface area contributed by atoms with Crippen LogP contribution in [0.1, 0.15) is 90.5 Å². The Morgan fingerprint density at radius 2 is 1.28 bits per heavy atom. The van der Waals surface area contributed by atoms with E-state index in [4.69, 9.17) is 4.74 Å². The number of hydrogen-bond acceptors (Lipinski definition) is 2. The second-order valence-electron chi connectivity index (χ2n) is 7.90. The van der Waals surface area contributed by atoms with E-state index in [1.54, 1.807) is 0 Å². The molecule has 0 bridgehead atoms. The monoisotopic (exact) mass is 344 g/mol. The fourth-order valence-electron chi connectivity index (χ4n) is 4.10. The highest BCUT2D eigenvalue weighted by atomic mass is 16.5. The molecule has 1 aromatic rings. The Hall–Kier alpha value is -1.31. The average Bonchev–Trinajstić information content (AvgIpc) is 2.65. The van der Waals surface area contributed by atoms with E-state index in [0.717, 1.165) is 37.5 Å². The first-order valence-electron chi connectivity index (χ1n) is 10.4. The highest BCUT2D eigenvalue weighted by molar-refractivity contribution is 5.75. The van der Waals surface area contributed by atoms with Gasteiger partial charge in [-0.1, -0.05) is 52.7 Å². The van der Waals surface area contributed by atoms with E-state index in [2.05, 4.69) is 26.0 Å². The van der Waals surface area contributed by atoms with E-state index in [0.29, 0.717) is 11.7 Å². The topological polar surface area (TPSA) is 26.3 Å². The number of hydrogen-bond donors (Lipinski definition) is 0. The summed E-state index contributed by atoms with van der Waals surface area (Å²) in [6.07, 6.45) is 9.53. The molecule has 1 aromatic carbocycles. The van der Waals surface area contributed by atoms with Gasteiger partial charge < -0.3 is 4.74 Å². The molecule has 0 heterocycles. The first-order valence-corrected chi connectivity index (χ1v) is 10.4. The second-order valence-corrected chi connectivity index (χ2v) is 7.90. The molecule has 140 valence electrons. The Labute approximate surface area is 154 Å². The number of benzene rings is 1. The second kappa shape index (κ2) is 9.99. The molecule has 2 nitrogen and oxygen atoms in total. The first kappa shape index (κ1) is 20.0. The van der Waals surface area contributed by atoms with E-state index in [9.17, 15) is 4.79 Å². The maximum Gasteiger partial charge on any atom is 0.314 e. The average molecular weight is 345 g/mol. The smallest absolute Gasteiger partial charge is 0.314 e. The highest BCUT2D eigenvalue weighted by Gasteiger charge is 2.26. The Bertz CT molecular complexity index is 503. The van der Waals surface area contributed by atoms with Gasteiger partial charge in [0.15, 0.2) is 0 Å². The van der Waals surface area contributed by atoms with Crippen molar-refractivity contribution in [3.05, 3.63) is 29.8 Å². The lowest BCUT2D eigenvalue weighted by Gasteiger charge is -2.26. The van der Waals surface area contributed by atoms with Crippen LogP contribution in [-0.2, 0) is 4.79 Å². The number of ether oxygens (including phenoxy) is 1. The Kier molecular flexibility index (Phi) is 7.99. The molecule has 0 spiro atoms. The molecule has 0 atom stereocenters. The van der Waals surface area contributed by atoms with Crippen molar-refractivity contribution in [1.29, 1.82) is 0 Å². The molecular weight excluding hydrogens is 308 g/mol. The molecule has 0 unspecified atom stereocenters. The summed E-state index contributed by atoms with van der Waals surface area (Å²) < 4.78 is 5.61. The minimum atomic E-state index is -0.0314. The minimum absolute atomic E-state index is 0.0314. The van der Waals surface area contributed by atoms with Crippen LogP contribution in [0.3, 0.4) is 0 Å². The number of carbonyl (C=O) groups is 1. The van der Waals surface area contributed by atoms with E-state index < -0.39 is 0 Å². The third-order valence-corrected chi connectivity index (χ3v) is 5.93. The summed E-state index contributed by atoms with van der Waals surface area (Å²) in [6.45, 7) is 8.62. The molecule has 0 saturated heterocycles. The maximum absolute atomic E-state index is 12.3. The Morgan fingerprint density at radius 1 is 0.800 bits per heavy atom. The van der Waals surface area contributed by atoms with Gasteiger partial charge in [0.05, 0.1) is 5.92 Å². The highest BCUT2D eigenvalue weighted by Crippen LogP contribution is 2.36. The van der Waals surface area contributed by atoms with Gasteiger partial charge >= 0.3 is 5.97 Å². The molecule has 25 heavy (non-hydrogen) atoms. The van der Waals surface area contributed by atoms with Gasteiger partial charge in [0.2, 0.25) is 0 Å². The minimum Gasteiger partial charge on any atom is -0.426 e. The van der Waals surface area contributed by atoms with E-state index in [-0.39, 0.29) is 11.9 Å². The van der Waals surface area contributed by atoms with Gasteiger partial charge in [-0.05, 0) is 74.0 Å². The van der Waals surface area contributed by atoms with Crippen molar-refractivity contribution in [2.24, 2.45) is 17.8 Å². The normalized spacial score (nSPS) is 29.3. The lowest BCUT2D eigenvalue weighted by atomic mass is 9.79. The summed E-state index contributed by atoms with van der Waals surface area (Å²) in [5.41, 5.74) is 1.41. The Morgan fingerprint density at radius 3 is 1.80 bits per heavy atom. The molecule has 0 aromatic heterocycles. The van der Waals surface area contributed by atoms with Crippen molar-refractivity contribution in [3.8, 4) is 5.75 Å². The van der Waals surface area contributed by atoms with Crippen LogP contribution in [0.5, 0.6) is 5.75 Å². The maximum atomic E-state index is 12.3. The first-order chi connectivity index (χ1) is 12.1. The fourth-order valence-corrected chi connectivity index (χ4v) is 4.10. The van der Waals surface area contributed by atoms with E-state index >= 15 is 0 Å². The van der Waals surface area contributed by atoms with E-state index in [1.807, 2.05) is 26.0 Å².